The average Bonchev–Trinajstić information content (AvgIpc) is 2.24. The lowest BCUT2D eigenvalue weighted by Crippen LogP contribution is -2.26. The molecule has 90 valence electrons. The van der Waals surface area contributed by atoms with E-state index in [1.54, 1.807) is 0 Å². The summed E-state index contributed by atoms with van der Waals surface area (Å²) in [7, 11) is 0. The van der Waals surface area contributed by atoms with Crippen LogP contribution in [-0.4, -0.2) is 19.6 Å². The van der Waals surface area contributed by atoms with Crippen LogP contribution in [0.5, 0.6) is 0 Å². The molecular formula is C13H28N2. The van der Waals surface area contributed by atoms with Crippen molar-refractivity contribution in [2.75, 3.05) is 19.6 Å². The van der Waals surface area contributed by atoms with Crippen LogP contribution in [0.1, 0.15) is 52.4 Å². The van der Waals surface area contributed by atoms with E-state index in [0.717, 1.165) is 25.3 Å². The van der Waals surface area contributed by atoms with E-state index in [2.05, 4.69) is 31.1 Å². The third-order valence-corrected chi connectivity index (χ3v) is 2.45. The predicted molar refractivity (Wildman–Crippen MR) is 69.1 cm³/mol. The molecule has 0 aliphatic rings. The number of unbranched alkanes of at least 4 members (excludes halogenated alkanes) is 4. The van der Waals surface area contributed by atoms with Gasteiger partial charge in [0.15, 0.2) is 0 Å². The van der Waals surface area contributed by atoms with Crippen LogP contribution in [0.3, 0.4) is 0 Å². The summed E-state index contributed by atoms with van der Waals surface area (Å²) in [5.41, 5.74) is 1.13. The molecule has 0 fully saturated rings. The molecule has 0 atom stereocenters. The van der Waals surface area contributed by atoms with Gasteiger partial charge >= 0.3 is 0 Å². The topological polar surface area (TPSA) is 24.1 Å². The molecule has 0 spiro atoms. The Labute approximate surface area is 95.5 Å². The summed E-state index contributed by atoms with van der Waals surface area (Å²) in [5, 5.41) is 6.75. The lowest BCUT2D eigenvalue weighted by molar-refractivity contribution is 0.609. The van der Waals surface area contributed by atoms with Crippen molar-refractivity contribution in [3.8, 4) is 0 Å². The van der Waals surface area contributed by atoms with Gasteiger partial charge in [0.2, 0.25) is 0 Å². The van der Waals surface area contributed by atoms with Crippen molar-refractivity contribution >= 4 is 0 Å². The van der Waals surface area contributed by atoms with Crippen LogP contribution in [-0.2, 0) is 0 Å². The summed E-state index contributed by atoms with van der Waals surface area (Å²) >= 11 is 0. The summed E-state index contributed by atoms with van der Waals surface area (Å²) < 4.78 is 0. The van der Waals surface area contributed by atoms with E-state index in [1.807, 2.05) is 0 Å². The molecule has 0 unspecified atom stereocenters. The number of rotatable bonds is 11. The minimum atomic E-state index is 0.913. The minimum Gasteiger partial charge on any atom is -0.388 e. The van der Waals surface area contributed by atoms with E-state index in [-0.39, 0.29) is 0 Å². The smallest absolute Gasteiger partial charge is 0.0347 e. The van der Waals surface area contributed by atoms with Crippen molar-refractivity contribution in [3.05, 3.63) is 12.3 Å². The molecule has 0 saturated heterocycles. The number of nitrogens with one attached hydrogen (secondary N) is 2. The Hall–Kier alpha value is -0.500. The second-order valence-electron chi connectivity index (χ2n) is 4.12. The molecule has 15 heavy (non-hydrogen) atoms. The highest BCUT2D eigenvalue weighted by atomic mass is 14.9. The van der Waals surface area contributed by atoms with Gasteiger partial charge in [0.05, 0.1) is 0 Å². The maximum Gasteiger partial charge on any atom is 0.0347 e. The summed E-state index contributed by atoms with van der Waals surface area (Å²) in [6.07, 6.45) is 7.74. The Kier molecular flexibility index (Phi) is 11.2. The predicted octanol–water partition coefficient (Wildman–Crippen LogP) is 3.06. The Balaban J connectivity index is 3.11. The zero-order chi connectivity index (χ0) is 11.4. The van der Waals surface area contributed by atoms with Gasteiger partial charge in [-0.1, -0.05) is 46.1 Å². The molecule has 0 aromatic rings. The second-order valence-corrected chi connectivity index (χ2v) is 4.12. The third-order valence-electron chi connectivity index (χ3n) is 2.45. The van der Waals surface area contributed by atoms with Crippen LogP contribution in [0.25, 0.3) is 0 Å². The highest BCUT2D eigenvalue weighted by molar-refractivity contribution is 4.93. The zero-order valence-electron chi connectivity index (χ0n) is 10.6. The zero-order valence-corrected chi connectivity index (χ0v) is 10.6. The van der Waals surface area contributed by atoms with Gasteiger partial charge in [-0.3, -0.25) is 0 Å². The van der Waals surface area contributed by atoms with Gasteiger partial charge in [0.25, 0.3) is 0 Å². The molecule has 0 radical (unpaired) electrons. The van der Waals surface area contributed by atoms with E-state index in [9.17, 15) is 0 Å². The number of hydrogen-bond acceptors (Lipinski definition) is 2. The molecule has 0 aromatic heterocycles. The fourth-order valence-electron chi connectivity index (χ4n) is 1.44. The monoisotopic (exact) mass is 212 g/mol. The van der Waals surface area contributed by atoms with Crippen LogP contribution in [0.4, 0.5) is 0 Å². The molecule has 2 heteroatoms. The van der Waals surface area contributed by atoms with E-state index < -0.39 is 0 Å². The van der Waals surface area contributed by atoms with Gasteiger partial charge in [-0.2, -0.15) is 0 Å². The minimum absolute atomic E-state index is 0.913. The molecule has 0 aliphatic heterocycles. The lowest BCUT2D eigenvalue weighted by Gasteiger charge is -2.10. The molecular weight excluding hydrogens is 184 g/mol. The summed E-state index contributed by atoms with van der Waals surface area (Å²) in [5.74, 6) is 0. The Morgan fingerprint density at radius 3 is 2.13 bits per heavy atom. The Morgan fingerprint density at radius 2 is 1.53 bits per heavy atom. The molecule has 2 nitrogen and oxygen atoms in total. The van der Waals surface area contributed by atoms with Gasteiger partial charge in [-0.05, 0) is 19.4 Å². The summed E-state index contributed by atoms with van der Waals surface area (Å²) in [6.45, 7) is 11.6. The fourth-order valence-corrected chi connectivity index (χ4v) is 1.44. The fraction of sp³-hybridized carbons (Fsp3) is 0.846. The van der Waals surface area contributed by atoms with E-state index in [0.29, 0.717) is 0 Å². The highest BCUT2D eigenvalue weighted by Crippen LogP contribution is 1.93. The molecule has 0 saturated carbocycles. The normalized spacial score (nSPS) is 10.3. The maximum absolute atomic E-state index is 4.00. The first-order chi connectivity index (χ1) is 7.31. The van der Waals surface area contributed by atoms with Crippen LogP contribution in [0.15, 0.2) is 12.3 Å². The van der Waals surface area contributed by atoms with Crippen molar-refractivity contribution in [1.82, 2.24) is 10.6 Å². The third kappa shape index (κ3) is 11.4. The Bertz CT molecular complexity index is 143. The maximum atomic E-state index is 4.00. The lowest BCUT2D eigenvalue weighted by atomic mass is 10.2. The van der Waals surface area contributed by atoms with E-state index in [4.69, 9.17) is 0 Å². The largest absolute Gasteiger partial charge is 0.388 e. The Morgan fingerprint density at radius 1 is 0.933 bits per heavy atom. The molecule has 0 aromatic carbocycles. The molecule has 0 heterocycles. The average molecular weight is 212 g/mol. The molecule has 0 bridgehead atoms. The van der Waals surface area contributed by atoms with Gasteiger partial charge in [-0.25, -0.2) is 0 Å². The first kappa shape index (κ1) is 14.5. The van der Waals surface area contributed by atoms with Crippen LogP contribution < -0.4 is 10.6 Å². The van der Waals surface area contributed by atoms with Crippen molar-refractivity contribution in [2.45, 2.75) is 52.4 Å². The van der Waals surface area contributed by atoms with Crippen LogP contribution >= 0.6 is 0 Å². The molecule has 0 aliphatic carbocycles. The molecule has 0 amide bonds. The summed E-state index contributed by atoms with van der Waals surface area (Å²) in [6, 6.07) is 0. The van der Waals surface area contributed by atoms with Crippen molar-refractivity contribution in [3.63, 3.8) is 0 Å². The molecule has 2 N–H and O–H groups in total. The second kappa shape index (κ2) is 11.6. The first-order valence-corrected chi connectivity index (χ1v) is 6.43. The number of hydrogen-bond donors (Lipinski definition) is 2. The quantitative estimate of drug-likeness (QED) is 0.514. The van der Waals surface area contributed by atoms with E-state index >= 15 is 0 Å². The molecule has 0 rings (SSSR count). The van der Waals surface area contributed by atoms with Gasteiger partial charge in [0, 0.05) is 18.8 Å². The van der Waals surface area contributed by atoms with Gasteiger partial charge < -0.3 is 10.6 Å². The van der Waals surface area contributed by atoms with Crippen molar-refractivity contribution < 1.29 is 0 Å². The van der Waals surface area contributed by atoms with Crippen LogP contribution in [0, 0.1) is 0 Å². The first-order valence-electron chi connectivity index (χ1n) is 6.43. The van der Waals surface area contributed by atoms with Crippen LogP contribution in [0.2, 0.25) is 0 Å². The van der Waals surface area contributed by atoms with Gasteiger partial charge in [-0.15, -0.1) is 0 Å². The standard InChI is InChI=1S/C13H28N2/c1-4-6-8-10-14-12-13(3)15-11-9-7-5-2/h14-15H,3-12H2,1-2H3. The SMILES string of the molecule is C=C(CNCCCCC)NCCCCC. The van der Waals surface area contributed by atoms with Crippen molar-refractivity contribution in [1.29, 1.82) is 0 Å². The van der Waals surface area contributed by atoms with Crippen molar-refractivity contribution in [2.24, 2.45) is 0 Å². The highest BCUT2D eigenvalue weighted by Gasteiger charge is 1.92. The van der Waals surface area contributed by atoms with E-state index in [1.165, 1.54) is 38.5 Å². The van der Waals surface area contributed by atoms with Gasteiger partial charge in [0.1, 0.15) is 0 Å². The summed E-state index contributed by atoms with van der Waals surface area (Å²) in [4.78, 5) is 0.